The van der Waals surface area contributed by atoms with E-state index < -0.39 is 20.2 Å². The Kier molecular flexibility index (Phi) is 4.68. The molecule has 0 amide bonds. The molecular weight excluding hydrogens is 278 g/mol. The van der Waals surface area contributed by atoms with Crippen molar-refractivity contribution in [3.63, 3.8) is 0 Å². The molecule has 0 atom stereocenters. The van der Waals surface area contributed by atoms with Crippen LogP contribution in [0.1, 0.15) is 13.3 Å². The molecule has 0 spiro atoms. The summed E-state index contributed by atoms with van der Waals surface area (Å²) in [7, 11) is -7.40. The van der Waals surface area contributed by atoms with Crippen molar-refractivity contribution in [3.05, 3.63) is 24.3 Å². The van der Waals surface area contributed by atoms with E-state index >= 15 is 0 Å². The zero-order valence-electron chi connectivity index (χ0n) is 9.75. The molecule has 0 bridgehead atoms. The van der Waals surface area contributed by atoms with Crippen LogP contribution < -0.4 is 14.6 Å². The number of hydrogen-bond acceptors (Lipinski definition) is 4. The minimum absolute atomic E-state index is 0.0769. The van der Waals surface area contributed by atoms with Gasteiger partial charge in [0.25, 0.3) is 10.2 Å². The first-order valence-electron chi connectivity index (χ1n) is 5.15. The van der Waals surface area contributed by atoms with Crippen LogP contribution in [0.3, 0.4) is 0 Å². The molecule has 1 aromatic carbocycles. The third kappa shape index (κ3) is 4.61. The number of nitrogens with one attached hydrogen (secondary N) is 2. The van der Waals surface area contributed by atoms with Crippen LogP contribution in [0.25, 0.3) is 0 Å². The van der Waals surface area contributed by atoms with Gasteiger partial charge in [-0.1, -0.05) is 6.92 Å². The van der Waals surface area contributed by atoms with Gasteiger partial charge in [-0.15, -0.1) is 0 Å². The molecule has 0 aromatic heterocycles. The summed E-state index contributed by atoms with van der Waals surface area (Å²) in [5.41, 5.74) is 0.256. The third-order valence-corrected chi connectivity index (χ3v) is 3.99. The number of benzene rings is 1. The molecule has 102 valence electrons. The molecule has 0 saturated heterocycles. The second-order valence-corrected chi connectivity index (χ2v) is 6.63. The lowest BCUT2D eigenvalue weighted by Gasteiger charge is -2.08. The zero-order chi connectivity index (χ0) is 13.8. The predicted octanol–water partition coefficient (Wildman–Crippen LogP) is -0.00970. The highest BCUT2D eigenvalue weighted by Crippen LogP contribution is 2.13. The van der Waals surface area contributed by atoms with E-state index in [1.54, 1.807) is 0 Å². The first-order chi connectivity index (χ1) is 8.24. The number of rotatable bonds is 6. The average molecular weight is 293 g/mol. The fourth-order valence-electron chi connectivity index (χ4n) is 1.14. The highest BCUT2D eigenvalue weighted by atomic mass is 32.2. The van der Waals surface area contributed by atoms with E-state index in [0.717, 1.165) is 0 Å². The second-order valence-electron chi connectivity index (χ2n) is 3.57. The number of sulfonamides is 1. The summed E-state index contributed by atoms with van der Waals surface area (Å²) in [6.45, 7) is 2.16. The Morgan fingerprint density at radius 1 is 1.11 bits per heavy atom. The summed E-state index contributed by atoms with van der Waals surface area (Å²) in [6.07, 6.45) is 0.672. The van der Waals surface area contributed by atoms with Crippen LogP contribution in [0.4, 0.5) is 5.69 Å². The first-order valence-corrected chi connectivity index (χ1v) is 8.18. The fourth-order valence-corrected chi connectivity index (χ4v) is 2.65. The second kappa shape index (κ2) is 5.65. The van der Waals surface area contributed by atoms with Crippen molar-refractivity contribution in [2.75, 3.05) is 11.3 Å². The lowest BCUT2D eigenvalue weighted by Crippen LogP contribution is -2.30. The summed E-state index contributed by atoms with van der Waals surface area (Å²) < 4.78 is 49.5. The molecule has 18 heavy (non-hydrogen) atoms. The molecular formula is C9H15N3O4S2. The molecule has 0 unspecified atom stereocenters. The molecule has 4 N–H and O–H groups in total. The highest BCUT2D eigenvalue weighted by Gasteiger charge is 2.10. The van der Waals surface area contributed by atoms with Gasteiger partial charge in [-0.05, 0) is 30.7 Å². The van der Waals surface area contributed by atoms with Crippen LogP contribution in [0.2, 0.25) is 0 Å². The van der Waals surface area contributed by atoms with Crippen molar-refractivity contribution >= 4 is 25.9 Å². The lowest BCUT2D eigenvalue weighted by molar-refractivity contribution is 0.586. The largest absolute Gasteiger partial charge is 0.299 e. The van der Waals surface area contributed by atoms with E-state index in [2.05, 4.69) is 9.44 Å². The average Bonchev–Trinajstić information content (AvgIpc) is 2.25. The van der Waals surface area contributed by atoms with Gasteiger partial charge in [0.2, 0.25) is 10.0 Å². The summed E-state index contributed by atoms with van der Waals surface area (Å²) in [5.74, 6) is 0. The zero-order valence-corrected chi connectivity index (χ0v) is 11.4. The Balaban J connectivity index is 2.82. The standard InChI is InChI=1S/C9H15N3O4S2/c1-2-7-11-18(15,16)12-8-3-5-9(6-4-8)17(10,13)14/h3-6,11-12H,2,7H2,1H3,(H2,10,13,14). The predicted molar refractivity (Wildman–Crippen MR) is 68.7 cm³/mol. The van der Waals surface area contributed by atoms with Crippen LogP contribution in [0.5, 0.6) is 0 Å². The maximum atomic E-state index is 11.5. The van der Waals surface area contributed by atoms with Gasteiger partial charge in [-0.3, -0.25) is 4.72 Å². The van der Waals surface area contributed by atoms with Crippen LogP contribution in [-0.2, 0) is 20.2 Å². The van der Waals surface area contributed by atoms with Crippen molar-refractivity contribution in [2.24, 2.45) is 5.14 Å². The van der Waals surface area contributed by atoms with E-state index in [9.17, 15) is 16.8 Å². The van der Waals surface area contributed by atoms with Gasteiger partial charge in [0.15, 0.2) is 0 Å². The van der Waals surface area contributed by atoms with E-state index in [1.807, 2.05) is 6.92 Å². The van der Waals surface area contributed by atoms with Crippen molar-refractivity contribution in [1.29, 1.82) is 0 Å². The molecule has 1 rings (SSSR count). The van der Waals surface area contributed by atoms with Gasteiger partial charge in [0, 0.05) is 12.2 Å². The summed E-state index contributed by atoms with van der Waals surface area (Å²) in [5, 5.41) is 4.92. The molecule has 0 aliphatic rings. The maximum Gasteiger partial charge on any atom is 0.299 e. The smallest absolute Gasteiger partial charge is 0.271 e. The third-order valence-electron chi connectivity index (χ3n) is 1.98. The Morgan fingerprint density at radius 2 is 1.67 bits per heavy atom. The Morgan fingerprint density at radius 3 is 2.11 bits per heavy atom. The SMILES string of the molecule is CCCNS(=O)(=O)Nc1ccc(S(N)(=O)=O)cc1. The molecule has 0 heterocycles. The van der Waals surface area contributed by atoms with Crippen LogP contribution in [0, 0.1) is 0 Å². The molecule has 0 fully saturated rings. The van der Waals surface area contributed by atoms with Gasteiger partial charge in [0.05, 0.1) is 4.90 Å². The summed E-state index contributed by atoms with van der Waals surface area (Å²) >= 11 is 0. The van der Waals surface area contributed by atoms with E-state index in [1.165, 1.54) is 24.3 Å². The van der Waals surface area contributed by atoms with Crippen LogP contribution >= 0.6 is 0 Å². The van der Waals surface area contributed by atoms with Crippen molar-refractivity contribution < 1.29 is 16.8 Å². The number of primary sulfonamides is 1. The van der Waals surface area contributed by atoms with Crippen molar-refractivity contribution in [2.45, 2.75) is 18.2 Å². The molecule has 7 nitrogen and oxygen atoms in total. The van der Waals surface area contributed by atoms with Gasteiger partial charge in [-0.25, -0.2) is 13.6 Å². The number of nitrogens with two attached hydrogens (primary N) is 1. The molecule has 0 aliphatic carbocycles. The van der Waals surface area contributed by atoms with Crippen LogP contribution in [0.15, 0.2) is 29.2 Å². The molecule has 0 saturated carbocycles. The Labute approximate surface area is 107 Å². The van der Waals surface area contributed by atoms with Crippen LogP contribution in [-0.4, -0.2) is 23.4 Å². The lowest BCUT2D eigenvalue weighted by atomic mass is 10.3. The quantitative estimate of drug-likeness (QED) is 0.683. The Hall–Kier alpha value is -1.16. The minimum Gasteiger partial charge on any atom is -0.271 e. The normalized spacial score (nSPS) is 12.3. The van der Waals surface area contributed by atoms with Gasteiger partial charge in [0.1, 0.15) is 0 Å². The molecule has 0 radical (unpaired) electrons. The van der Waals surface area contributed by atoms with Crippen molar-refractivity contribution in [3.8, 4) is 0 Å². The Bertz CT molecular complexity index is 593. The van der Waals surface area contributed by atoms with Crippen molar-refractivity contribution in [1.82, 2.24) is 4.72 Å². The van der Waals surface area contributed by atoms with Gasteiger partial charge < -0.3 is 0 Å². The molecule has 1 aromatic rings. The van der Waals surface area contributed by atoms with E-state index in [0.29, 0.717) is 13.0 Å². The minimum atomic E-state index is -3.77. The molecule has 9 heteroatoms. The van der Waals surface area contributed by atoms with E-state index in [-0.39, 0.29) is 10.6 Å². The summed E-state index contributed by atoms with van der Waals surface area (Å²) in [6, 6.07) is 5.11. The summed E-state index contributed by atoms with van der Waals surface area (Å²) in [4.78, 5) is -0.0769. The fraction of sp³-hybridized carbons (Fsp3) is 0.333. The van der Waals surface area contributed by atoms with Gasteiger partial charge >= 0.3 is 0 Å². The number of anilines is 1. The number of hydrogen-bond donors (Lipinski definition) is 3. The van der Waals surface area contributed by atoms with E-state index in [4.69, 9.17) is 5.14 Å². The monoisotopic (exact) mass is 293 g/mol. The molecule has 0 aliphatic heterocycles. The first kappa shape index (κ1) is 14.9. The highest BCUT2D eigenvalue weighted by molar-refractivity contribution is 7.90. The maximum absolute atomic E-state index is 11.5. The topological polar surface area (TPSA) is 118 Å². The van der Waals surface area contributed by atoms with Gasteiger partial charge in [-0.2, -0.15) is 13.1 Å².